The molecule has 2 fully saturated rings. The summed E-state index contributed by atoms with van der Waals surface area (Å²) in [5.41, 5.74) is 31.2. The molecule has 0 aliphatic carbocycles. The van der Waals surface area contributed by atoms with Gasteiger partial charge in [0.2, 0.25) is 23.8 Å². The number of hydrogen-bond acceptors (Lipinski definition) is 11. The second-order valence-electron chi connectivity index (χ2n) is 8.65. The number of aromatic nitrogens is 3. The fraction of sp³-hybridized carbons (Fsp3) is 0.500. The first-order valence-electron chi connectivity index (χ1n) is 10.7. The Kier molecular flexibility index (Phi) is 7.87. The Morgan fingerprint density at radius 1 is 0.788 bits per heavy atom. The largest absolute Gasteiger partial charge is 0.366 e. The fourth-order valence-corrected chi connectivity index (χ4v) is 4.22. The Labute approximate surface area is 198 Å². The molecule has 1 aromatic carbocycles. The third-order valence-corrected chi connectivity index (χ3v) is 5.63. The summed E-state index contributed by atoms with van der Waals surface area (Å²) < 4.78 is 0. The standard InChI is InChI=1S/C20H31N11O.ClH/c21-12-5-13(22)8-30(7-12)19-27-18(26-16-3-1-11(2-4-16)17(25)32)28-20(29-19)31-9-14(23)6-15(24)10-31;/h1-4,12-15H,5-10,21-24H2,(H2,25,32)(H,26,27,28,29);1H/t12-,13+,14-,15+;. The van der Waals surface area contributed by atoms with Crippen LogP contribution in [-0.4, -0.2) is 71.2 Å². The lowest BCUT2D eigenvalue weighted by Crippen LogP contribution is -2.54. The van der Waals surface area contributed by atoms with Crippen molar-refractivity contribution in [3.8, 4) is 0 Å². The lowest BCUT2D eigenvalue weighted by atomic mass is 10.0. The molecule has 0 unspecified atom stereocenters. The van der Waals surface area contributed by atoms with Crippen molar-refractivity contribution in [2.45, 2.75) is 37.0 Å². The number of primary amides is 1. The molecule has 0 spiro atoms. The summed E-state index contributed by atoms with van der Waals surface area (Å²) in [6.45, 7) is 2.40. The number of anilines is 4. The molecule has 4 atom stereocenters. The van der Waals surface area contributed by atoms with Crippen LogP contribution in [-0.2, 0) is 0 Å². The van der Waals surface area contributed by atoms with Crippen LogP contribution in [0.15, 0.2) is 24.3 Å². The molecule has 2 aliphatic heterocycles. The van der Waals surface area contributed by atoms with E-state index in [1.54, 1.807) is 24.3 Å². The first-order chi connectivity index (χ1) is 15.3. The molecule has 12 nitrogen and oxygen atoms in total. The van der Waals surface area contributed by atoms with Crippen molar-refractivity contribution < 1.29 is 4.79 Å². The van der Waals surface area contributed by atoms with E-state index in [-0.39, 0.29) is 36.6 Å². The van der Waals surface area contributed by atoms with Crippen LogP contribution < -0.4 is 43.8 Å². The number of piperidine rings is 2. The van der Waals surface area contributed by atoms with Gasteiger partial charge in [0.15, 0.2) is 0 Å². The molecule has 0 saturated carbocycles. The number of halogens is 1. The third-order valence-electron chi connectivity index (χ3n) is 5.63. The van der Waals surface area contributed by atoms with Gasteiger partial charge in [-0.25, -0.2) is 0 Å². The molecular weight excluding hydrogens is 446 g/mol. The highest BCUT2D eigenvalue weighted by molar-refractivity contribution is 5.93. The average molecular weight is 478 g/mol. The molecule has 2 aliphatic rings. The van der Waals surface area contributed by atoms with Crippen LogP contribution in [0, 0.1) is 0 Å². The Bertz CT molecular complexity index is 895. The molecule has 180 valence electrons. The number of carbonyl (C=O) groups excluding carboxylic acids is 1. The van der Waals surface area contributed by atoms with Gasteiger partial charge in [-0.3, -0.25) is 4.79 Å². The van der Waals surface area contributed by atoms with Gasteiger partial charge in [-0.15, -0.1) is 12.4 Å². The normalized spacial score (nSPS) is 25.3. The second kappa shape index (κ2) is 10.4. The minimum absolute atomic E-state index is 0. The highest BCUT2D eigenvalue weighted by Gasteiger charge is 2.28. The van der Waals surface area contributed by atoms with Crippen LogP contribution in [0.3, 0.4) is 0 Å². The quantitative estimate of drug-likeness (QED) is 0.303. The van der Waals surface area contributed by atoms with Crippen LogP contribution in [0.25, 0.3) is 0 Å². The summed E-state index contributed by atoms with van der Waals surface area (Å²) in [4.78, 5) is 29.2. The third kappa shape index (κ3) is 6.18. The predicted octanol–water partition coefficient (Wildman–Crippen LogP) is -1.13. The van der Waals surface area contributed by atoms with Gasteiger partial charge >= 0.3 is 0 Å². The summed E-state index contributed by atoms with van der Waals surface area (Å²) in [6.07, 6.45) is 1.50. The van der Waals surface area contributed by atoms with E-state index in [0.717, 1.165) is 12.8 Å². The Hall–Kier alpha value is -2.77. The number of nitrogens with two attached hydrogens (primary N) is 5. The maximum atomic E-state index is 11.3. The van der Waals surface area contributed by atoms with Gasteiger partial charge in [0, 0.05) is 61.6 Å². The summed E-state index contributed by atoms with van der Waals surface area (Å²) in [5, 5.41) is 3.18. The summed E-state index contributed by atoms with van der Waals surface area (Å²) in [6, 6.07) is 6.51. The molecule has 2 saturated heterocycles. The van der Waals surface area contributed by atoms with E-state index in [1.807, 2.05) is 9.80 Å². The SMILES string of the molecule is Cl.NC(=O)c1ccc(Nc2nc(N3C[C@H](N)C[C@H](N)C3)nc(N3C[C@H](N)C[C@H](N)C3)n2)cc1. The molecule has 33 heavy (non-hydrogen) atoms. The summed E-state index contributed by atoms with van der Waals surface area (Å²) in [5.74, 6) is 0.850. The van der Waals surface area contributed by atoms with Crippen LogP contribution in [0.1, 0.15) is 23.2 Å². The van der Waals surface area contributed by atoms with Crippen molar-refractivity contribution in [1.82, 2.24) is 15.0 Å². The molecule has 1 aromatic heterocycles. The van der Waals surface area contributed by atoms with Gasteiger partial charge in [0.25, 0.3) is 0 Å². The van der Waals surface area contributed by atoms with Crippen molar-refractivity contribution in [3.05, 3.63) is 29.8 Å². The highest BCUT2D eigenvalue weighted by atomic mass is 35.5. The van der Waals surface area contributed by atoms with Crippen LogP contribution in [0.4, 0.5) is 23.5 Å². The van der Waals surface area contributed by atoms with E-state index >= 15 is 0 Å². The number of nitrogens with one attached hydrogen (secondary N) is 1. The summed E-state index contributed by atoms with van der Waals surface area (Å²) >= 11 is 0. The molecular formula is C20H32ClN11O. The summed E-state index contributed by atoms with van der Waals surface area (Å²) in [7, 11) is 0. The highest BCUT2D eigenvalue weighted by Crippen LogP contribution is 2.24. The van der Waals surface area contributed by atoms with Gasteiger partial charge < -0.3 is 43.8 Å². The molecule has 1 amide bonds. The number of nitrogens with zero attached hydrogens (tertiary/aromatic N) is 5. The number of amides is 1. The second-order valence-corrected chi connectivity index (χ2v) is 8.65. The van der Waals surface area contributed by atoms with Crippen LogP contribution >= 0.6 is 12.4 Å². The fourth-order valence-electron chi connectivity index (χ4n) is 4.22. The van der Waals surface area contributed by atoms with Crippen molar-refractivity contribution in [2.24, 2.45) is 28.7 Å². The zero-order chi connectivity index (χ0) is 22.8. The maximum Gasteiger partial charge on any atom is 0.248 e. The lowest BCUT2D eigenvalue weighted by Gasteiger charge is -2.37. The van der Waals surface area contributed by atoms with Gasteiger partial charge in [-0.2, -0.15) is 15.0 Å². The zero-order valence-electron chi connectivity index (χ0n) is 18.3. The zero-order valence-corrected chi connectivity index (χ0v) is 19.1. The van der Waals surface area contributed by atoms with Crippen LogP contribution in [0.2, 0.25) is 0 Å². The monoisotopic (exact) mass is 477 g/mol. The lowest BCUT2D eigenvalue weighted by molar-refractivity contribution is 0.100. The predicted molar refractivity (Wildman–Crippen MR) is 131 cm³/mol. The molecule has 0 bridgehead atoms. The van der Waals surface area contributed by atoms with Crippen molar-refractivity contribution in [2.75, 3.05) is 41.3 Å². The number of carbonyl (C=O) groups is 1. The van der Waals surface area contributed by atoms with Crippen molar-refractivity contribution in [3.63, 3.8) is 0 Å². The van der Waals surface area contributed by atoms with Crippen molar-refractivity contribution in [1.29, 1.82) is 0 Å². The molecule has 3 heterocycles. The minimum Gasteiger partial charge on any atom is -0.366 e. The van der Waals surface area contributed by atoms with E-state index in [2.05, 4.69) is 15.3 Å². The van der Waals surface area contributed by atoms with E-state index in [4.69, 9.17) is 33.7 Å². The number of rotatable bonds is 5. The van der Waals surface area contributed by atoms with E-state index < -0.39 is 5.91 Å². The topological polar surface area (TPSA) is 204 Å². The molecule has 13 heteroatoms. The van der Waals surface area contributed by atoms with E-state index in [9.17, 15) is 4.79 Å². The molecule has 0 radical (unpaired) electrons. The molecule has 11 N–H and O–H groups in total. The maximum absolute atomic E-state index is 11.3. The first kappa shape index (κ1) is 24.9. The van der Waals surface area contributed by atoms with Gasteiger partial charge in [-0.1, -0.05) is 0 Å². The van der Waals surface area contributed by atoms with E-state index in [0.29, 0.717) is 55.3 Å². The first-order valence-corrected chi connectivity index (χ1v) is 10.7. The van der Waals surface area contributed by atoms with Gasteiger partial charge in [0.1, 0.15) is 0 Å². The van der Waals surface area contributed by atoms with Gasteiger partial charge in [-0.05, 0) is 37.1 Å². The Morgan fingerprint density at radius 3 is 1.61 bits per heavy atom. The number of benzene rings is 1. The Balaban J connectivity index is 0.00000306. The molecule has 2 aromatic rings. The Morgan fingerprint density at radius 2 is 1.21 bits per heavy atom. The van der Waals surface area contributed by atoms with E-state index in [1.165, 1.54) is 0 Å². The smallest absolute Gasteiger partial charge is 0.248 e. The number of hydrogen-bond donors (Lipinski definition) is 6. The molecule has 4 rings (SSSR count). The minimum atomic E-state index is -0.489. The van der Waals surface area contributed by atoms with Crippen molar-refractivity contribution >= 4 is 41.8 Å². The average Bonchev–Trinajstić information content (AvgIpc) is 2.72. The van der Waals surface area contributed by atoms with Crippen LogP contribution in [0.5, 0.6) is 0 Å². The van der Waals surface area contributed by atoms with Gasteiger partial charge in [0.05, 0.1) is 0 Å².